The van der Waals surface area contributed by atoms with Crippen molar-refractivity contribution < 1.29 is 4.92 Å². The van der Waals surface area contributed by atoms with Gasteiger partial charge in [-0.15, -0.1) is 0 Å². The van der Waals surface area contributed by atoms with Gasteiger partial charge in [0.2, 0.25) is 6.04 Å². The minimum absolute atomic E-state index is 0.269. The molecule has 1 aromatic rings. The summed E-state index contributed by atoms with van der Waals surface area (Å²) in [5, 5.41) is 10.6. The Kier molecular flexibility index (Phi) is 3.55. The van der Waals surface area contributed by atoms with E-state index in [-0.39, 0.29) is 6.42 Å². The molecule has 0 fully saturated rings. The first-order chi connectivity index (χ1) is 6.61. The van der Waals surface area contributed by atoms with Crippen molar-refractivity contribution in [3.05, 3.63) is 46.0 Å². The second-order valence-electron chi connectivity index (χ2n) is 3.12. The van der Waals surface area contributed by atoms with Crippen LogP contribution in [0.2, 0.25) is 0 Å². The van der Waals surface area contributed by atoms with Gasteiger partial charge < -0.3 is 11.5 Å². The third-order valence-corrected chi connectivity index (χ3v) is 2.00. The lowest BCUT2D eigenvalue weighted by Gasteiger charge is -2.12. The molecule has 0 spiro atoms. The van der Waals surface area contributed by atoms with Crippen LogP contribution in [0, 0.1) is 10.1 Å². The third kappa shape index (κ3) is 2.79. The van der Waals surface area contributed by atoms with E-state index in [4.69, 9.17) is 11.5 Å². The van der Waals surface area contributed by atoms with Crippen LogP contribution in [0.3, 0.4) is 0 Å². The van der Waals surface area contributed by atoms with Gasteiger partial charge in [-0.05, 0) is 5.56 Å². The summed E-state index contributed by atoms with van der Waals surface area (Å²) < 4.78 is 0. The normalized spacial score (nSPS) is 12.8. The zero-order chi connectivity index (χ0) is 10.6. The monoisotopic (exact) mass is 195 g/mol. The number of hydrogen-bond acceptors (Lipinski definition) is 4. The van der Waals surface area contributed by atoms with Crippen LogP contribution in [0.25, 0.3) is 0 Å². The fourth-order valence-electron chi connectivity index (χ4n) is 1.21. The molecule has 5 heteroatoms. The van der Waals surface area contributed by atoms with E-state index in [0.29, 0.717) is 0 Å². The summed E-state index contributed by atoms with van der Waals surface area (Å²) in [4.78, 5) is 10.2. The highest BCUT2D eigenvalue weighted by Crippen LogP contribution is 2.05. The van der Waals surface area contributed by atoms with E-state index in [9.17, 15) is 10.1 Å². The SMILES string of the molecule is NC(N)C(Cc1ccccc1)[N+](=O)[O-]. The van der Waals surface area contributed by atoms with Gasteiger partial charge in [0.15, 0.2) is 0 Å². The minimum atomic E-state index is -0.926. The smallest absolute Gasteiger partial charge is 0.244 e. The summed E-state index contributed by atoms with van der Waals surface area (Å²) >= 11 is 0. The van der Waals surface area contributed by atoms with E-state index >= 15 is 0 Å². The minimum Gasteiger partial charge on any atom is -0.310 e. The molecule has 1 unspecified atom stereocenters. The van der Waals surface area contributed by atoms with Crippen LogP contribution in [0.15, 0.2) is 30.3 Å². The number of rotatable bonds is 4. The maximum Gasteiger partial charge on any atom is 0.244 e. The molecule has 14 heavy (non-hydrogen) atoms. The van der Waals surface area contributed by atoms with Crippen LogP contribution in [-0.4, -0.2) is 17.1 Å². The van der Waals surface area contributed by atoms with E-state index in [2.05, 4.69) is 0 Å². The highest BCUT2D eigenvalue weighted by Gasteiger charge is 2.25. The summed E-state index contributed by atoms with van der Waals surface area (Å²) in [6, 6.07) is 8.23. The van der Waals surface area contributed by atoms with Crippen molar-refractivity contribution >= 4 is 0 Å². The van der Waals surface area contributed by atoms with E-state index in [1.807, 2.05) is 30.3 Å². The summed E-state index contributed by atoms with van der Waals surface area (Å²) in [7, 11) is 0. The predicted molar refractivity (Wildman–Crippen MR) is 53.1 cm³/mol. The Hall–Kier alpha value is -1.46. The average Bonchev–Trinajstić information content (AvgIpc) is 2.15. The molecule has 0 saturated carbocycles. The third-order valence-electron chi connectivity index (χ3n) is 2.00. The molecule has 0 radical (unpaired) electrons. The molecule has 5 nitrogen and oxygen atoms in total. The maximum absolute atomic E-state index is 10.6. The van der Waals surface area contributed by atoms with Gasteiger partial charge in [0.05, 0.1) is 0 Å². The molecule has 1 rings (SSSR count). The van der Waals surface area contributed by atoms with Crippen molar-refractivity contribution in [3.8, 4) is 0 Å². The van der Waals surface area contributed by atoms with Crippen LogP contribution >= 0.6 is 0 Å². The number of hydrogen-bond donors (Lipinski definition) is 2. The van der Waals surface area contributed by atoms with Gasteiger partial charge in [0, 0.05) is 11.3 Å². The molecule has 1 aromatic carbocycles. The largest absolute Gasteiger partial charge is 0.310 e. The topological polar surface area (TPSA) is 95.2 Å². The van der Waals surface area contributed by atoms with Crippen molar-refractivity contribution in [2.45, 2.75) is 18.6 Å². The van der Waals surface area contributed by atoms with Crippen molar-refractivity contribution in [1.29, 1.82) is 0 Å². The van der Waals surface area contributed by atoms with Gasteiger partial charge in [-0.3, -0.25) is 10.1 Å². The highest BCUT2D eigenvalue weighted by atomic mass is 16.6. The average molecular weight is 195 g/mol. The Morgan fingerprint density at radius 1 is 1.29 bits per heavy atom. The van der Waals surface area contributed by atoms with Gasteiger partial charge >= 0.3 is 0 Å². The summed E-state index contributed by atoms with van der Waals surface area (Å²) in [6.45, 7) is 0. The summed E-state index contributed by atoms with van der Waals surface area (Å²) in [6.07, 6.45) is -0.656. The number of benzene rings is 1. The van der Waals surface area contributed by atoms with Crippen LogP contribution in [0.4, 0.5) is 0 Å². The Bertz CT molecular complexity index is 300. The van der Waals surface area contributed by atoms with Gasteiger partial charge in [0.25, 0.3) is 0 Å². The zero-order valence-corrected chi connectivity index (χ0v) is 7.67. The van der Waals surface area contributed by atoms with E-state index < -0.39 is 17.1 Å². The fourth-order valence-corrected chi connectivity index (χ4v) is 1.21. The molecule has 1 atom stereocenters. The molecule has 0 aliphatic rings. The number of nitrogens with zero attached hydrogens (tertiary/aromatic N) is 1. The molecular formula is C9H13N3O2. The van der Waals surface area contributed by atoms with Crippen molar-refractivity contribution in [2.75, 3.05) is 0 Å². The second kappa shape index (κ2) is 4.69. The first-order valence-corrected chi connectivity index (χ1v) is 4.30. The van der Waals surface area contributed by atoms with E-state index in [1.54, 1.807) is 0 Å². The lowest BCUT2D eigenvalue weighted by atomic mass is 10.1. The van der Waals surface area contributed by atoms with Crippen molar-refractivity contribution in [1.82, 2.24) is 0 Å². The van der Waals surface area contributed by atoms with Crippen LogP contribution in [0.1, 0.15) is 5.56 Å². The molecular weight excluding hydrogens is 182 g/mol. The standard InChI is InChI=1S/C9H13N3O2/c10-9(11)8(12(13)14)6-7-4-2-1-3-5-7/h1-5,8-9H,6,10-11H2. The Morgan fingerprint density at radius 2 is 1.86 bits per heavy atom. The molecule has 0 bridgehead atoms. The molecule has 76 valence electrons. The molecule has 0 aliphatic heterocycles. The zero-order valence-electron chi connectivity index (χ0n) is 7.67. The molecule has 0 heterocycles. The van der Waals surface area contributed by atoms with Crippen molar-refractivity contribution in [3.63, 3.8) is 0 Å². The van der Waals surface area contributed by atoms with Crippen LogP contribution in [0.5, 0.6) is 0 Å². The van der Waals surface area contributed by atoms with Crippen LogP contribution < -0.4 is 11.5 Å². The summed E-state index contributed by atoms with van der Waals surface area (Å²) in [5.74, 6) is 0. The first kappa shape index (κ1) is 10.6. The predicted octanol–water partition coefficient (Wildman–Crippen LogP) is 0.118. The van der Waals surface area contributed by atoms with Crippen LogP contribution in [-0.2, 0) is 6.42 Å². The van der Waals surface area contributed by atoms with Crippen molar-refractivity contribution in [2.24, 2.45) is 11.5 Å². The summed E-state index contributed by atoms with van der Waals surface area (Å²) in [5.41, 5.74) is 11.5. The maximum atomic E-state index is 10.6. The van der Waals surface area contributed by atoms with E-state index in [0.717, 1.165) is 5.56 Å². The highest BCUT2D eigenvalue weighted by molar-refractivity contribution is 5.15. The molecule has 0 amide bonds. The Balaban J connectivity index is 2.70. The lowest BCUT2D eigenvalue weighted by Crippen LogP contribution is -2.48. The Morgan fingerprint density at radius 3 is 2.29 bits per heavy atom. The second-order valence-corrected chi connectivity index (χ2v) is 3.12. The first-order valence-electron chi connectivity index (χ1n) is 4.30. The fraction of sp³-hybridized carbons (Fsp3) is 0.333. The van der Waals surface area contributed by atoms with Gasteiger partial charge in [-0.25, -0.2) is 0 Å². The van der Waals surface area contributed by atoms with E-state index in [1.165, 1.54) is 0 Å². The molecule has 0 aromatic heterocycles. The number of nitro groups is 1. The molecule has 4 N–H and O–H groups in total. The van der Waals surface area contributed by atoms with Gasteiger partial charge in [-0.1, -0.05) is 30.3 Å². The lowest BCUT2D eigenvalue weighted by molar-refractivity contribution is -0.525. The number of nitrogens with two attached hydrogens (primary N) is 2. The molecule has 0 aliphatic carbocycles. The Labute approximate surface area is 81.9 Å². The quantitative estimate of drug-likeness (QED) is 0.405. The molecule has 0 saturated heterocycles. The van der Waals surface area contributed by atoms with Gasteiger partial charge in [0.1, 0.15) is 6.17 Å². The van der Waals surface area contributed by atoms with Gasteiger partial charge in [-0.2, -0.15) is 0 Å².